The second kappa shape index (κ2) is 7.65. The van der Waals surface area contributed by atoms with Crippen molar-refractivity contribution in [2.45, 2.75) is 6.10 Å². The molecule has 0 heterocycles. The van der Waals surface area contributed by atoms with E-state index in [9.17, 15) is 9.18 Å². The summed E-state index contributed by atoms with van der Waals surface area (Å²) in [5, 5.41) is 2.72. The Labute approximate surface area is 119 Å². The molecule has 1 amide bonds. The maximum Gasteiger partial charge on any atom is 0.252 e. The Bertz CT molecular complexity index is 414. The van der Waals surface area contributed by atoms with Gasteiger partial charge in [0.2, 0.25) is 0 Å². The highest BCUT2D eigenvalue weighted by molar-refractivity contribution is 14.1. The predicted octanol–water partition coefficient (Wildman–Crippen LogP) is 1.82. The van der Waals surface area contributed by atoms with Crippen molar-refractivity contribution < 1.29 is 18.7 Å². The summed E-state index contributed by atoms with van der Waals surface area (Å²) in [4.78, 5) is 11.9. The molecular weight excluding hydrogens is 352 g/mol. The normalized spacial score (nSPS) is 12.2. The number of ether oxygens (including phenoxy) is 2. The molecule has 4 nitrogen and oxygen atoms in total. The number of carbonyl (C=O) groups is 1. The molecule has 0 aliphatic heterocycles. The van der Waals surface area contributed by atoms with Crippen molar-refractivity contribution >= 4 is 28.5 Å². The van der Waals surface area contributed by atoms with Gasteiger partial charge in [-0.2, -0.15) is 0 Å². The molecule has 0 aliphatic carbocycles. The van der Waals surface area contributed by atoms with E-state index in [1.54, 1.807) is 14.2 Å². The lowest BCUT2D eigenvalue weighted by molar-refractivity contribution is 0.0285. The fourth-order valence-electron chi connectivity index (χ4n) is 1.37. The number of hydrogen-bond donors (Lipinski definition) is 1. The van der Waals surface area contributed by atoms with E-state index in [0.29, 0.717) is 22.3 Å². The molecule has 0 aromatic heterocycles. The highest BCUT2D eigenvalue weighted by Crippen LogP contribution is 2.13. The maximum atomic E-state index is 12.9. The first-order chi connectivity index (χ1) is 8.58. The molecule has 0 saturated carbocycles. The zero-order valence-corrected chi connectivity index (χ0v) is 12.4. The molecule has 0 fully saturated rings. The Balaban J connectivity index is 2.59. The van der Waals surface area contributed by atoms with E-state index in [4.69, 9.17) is 9.47 Å². The number of rotatable bonds is 6. The molecule has 0 radical (unpaired) electrons. The van der Waals surface area contributed by atoms with Crippen LogP contribution in [0.5, 0.6) is 0 Å². The Morgan fingerprint density at radius 1 is 1.50 bits per heavy atom. The predicted molar refractivity (Wildman–Crippen MR) is 74.1 cm³/mol. The number of halogens is 2. The summed E-state index contributed by atoms with van der Waals surface area (Å²) >= 11 is 1.93. The van der Waals surface area contributed by atoms with Crippen LogP contribution in [-0.4, -0.2) is 39.4 Å². The lowest BCUT2D eigenvalue weighted by atomic mass is 10.2. The van der Waals surface area contributed by atoms with Gasteiger partial charge >= 0.3 is 0 Å². The Kier molecular flexibility index (Phi) is 6.51. The first-order valence-corrected chi connectivity index (χ1v) is 6.41. The fraction of sp³-hybridized carbons (Fsp3) is 0.417. The molecule has 0 saturated heterocycles. The standard InChI is InChI=1S/C12H15FINO3/c1-17-7-9(18-2)6-15-12(16)10-4-3-8(13)5-11(10)14/h3-5,9H,6-7H2,1-2H3,(H,15,16). The van der Waals surface area contributed by atoms with Crippen LogP contribution in [0.3, 0.4) is 0 Å². The molecule has 1 aromatic rings. The minimum atomic E-state index is -0.356. The highest BCUT2D eigenvalue weighted by Gasteiger charge is 2.13. The van der Waals surface area contributed by atoms with Crippen molar-refractivity contribution in [2.75, 3.05) is 27.4 Å². The van der Waals surface area contributed by atoms with Gasteiger partial charge < -0.3 is 14.8 Å². The van der Waals surface area contributed by atoms with Gasteiger partial charge in [0.25, 0.3) is 5.91 Å². The molecule has 0 spiro atoms. The smallest absolute Gasteiger partial charge is 0.252 e. The summed E-state index contributed by atoms with van der Waals surface area (Å²) in [6, 6.07) is 4.04. The average Bonchev–Trinajstić information content (AvgIpc) is 2.34. The Morgan fingerprint density at radius 3 is 2.78 bits per heavy atom. The molecule has 6 heteroatoms. The molecule has 100 valence electrons. The Morgan fingerprint density at radius 2 is 2.22 bits per heavy atom. The second-order valence-electron chi connectivity index (χ2n) is 3.65. The van der Waals surface area contributed by atoms with Crippen molar-refractivity contribution in [2.24, 2.45) is 0 Å². The summed E-state index contributed by atoms with van der Waals surface area (Å²) in [5.41, 5.74) is 0.448. The van der Waals surface area contributed by atoms with Crippen LogP contribution >= 0.6 is 22.6 Å². The SMILES string of the molecule is COCC(CNC(=O)c1ccc(F)cc1I)OC. The van der Waals surface area contributed by atoms with Gasteiger partial charge in [0, 0.05) is 24.3 Å². The van der Waals surface area contributed by atoms with Crippen molar-refractivity contribution in [1.82, 2.24) is 5.32 Å². The van der Waals surface area contributed by atoms with E-state index in [1.807, 2.05) is 22.6 Å². The van der Waals surface area contributed by atoms with Gasteiger partial charge in [0.1, 0.15) is 5.82 Å². The lowest BCUT2D eigenvalue weighted by Crippen LogP contribution is -2.35. The molecule has 1 aromatic carbocycles. The third kappa shape index (κ3) is 4.51. The molecule has 18 heavy (non-hydrogen) atoms. The van der Waals surface area contributed by atoms with Gasteiger partial charge in [0.15, 0.2) is 0 Å². The van der Waals surface area contributed by atoms with Crippen LogP contribution in [-0.2, 0) is 9.47 Å². The van der Waals surface area contributed by atoms with Gasteiger partial charge in [-0.25, -0.2) is 4.39 Å². The number of hydrogen-bond acceptors (Lipinski definition) is 3. The molecule has 1 rings (SSSR count). The summed E-state index contributed by atoms with van der Waals surface area (Å²) in [7, 11) is 3.12. The van der Waals surface area contributed by atoms with Crippen LogP contribution in [0.25, 0.3) is 0 Å². The number of nitrogens with one attached hydrogen (secondary N) is 1. The molecule has 1 unspecified atom stereocenters. The van der Waals surface area contributed by atoms with Crippen LogP contribution in [0.1, 0.15) is 10.4 Å². The summed E-state index contributed by atoms with van der Waals surface area (Å²) in [5.74, 6) is -0.609. The Hall–Kier alpha value is -0.730. The van der Waals surface area contributed by atoms with Crippen molar-refractivity contribution in [3.05, 3.63) is 33.1 Å². The van der Waals surface area contributed by atoms with Gasteiger partial charge in [-0.05, 0) is 40.8 Å². The van der Waals surface area contributed by atoms with E-state index < -0.39 is 0 Å². The minimum Gasteiger partial charge on any atom is -0.382 e. The van der Waals surface area contributed by atoms with Crippen molar-refractivity contribution in [3.63, 3.8) is 0 Å². The number of carbonyl (C=O) groups excluding carboxylic acids is 1. The van der Waals surface area contributed by atoms with Crippen LogP contribution < -0.4 is 5.32 Å². The summed E-state index contributed by atoms with van der Waals surface area (Å²) < 4.78 is 23.6. The lowest BCUT2D eigenvalue weighted by Gasteiger charge is -2.15. The average molecular weight is 367 g/mol. The zero-order valence-electron chi connectivity index (χ0n) is 10.2. The van der Waals surface area contributed by atoms with Crippen molar-refractivity contribution in [1.29, 1.82) is 0 Å². The third-order valence-electron chi connectivity index (χ3n) is 2.35. The topological polar surface area (TPSA) is 47.6 Å². The van der Waals surface area contributed by atoms with Crippen LogP contribution in [0.2, 0.25) is 0 Å². The van der Waals surface area contributed by atoms with Gasteiger partial charge in [-0.3, -0.25) is 4.79 Å². The van der Waals surface area contributed by atoms with Crippen LogP contribution in [0, 0.1) is 9.39 Å². The molecule has 1 atom stereocenters. The summed E-state index contributed by atoms with van der Waals surface area (Å²) in [6.07, 6.45) is -0.197. The van der Waals surface area contributed by atoms with E-state index in [1.165, 1.54) is 18.2 Å². The monoisotopic (exact) mass is 367 g/mol. The first kappa shape index (κ1) is 15.3. The van der Waals surface area contributed by atoms with Gasteiger partial charge in [0.05, 0.1) is 18.3 Å². The van der Waals surface area contributed by atoms with Crippen molar-refractivity contribution in [3.8, 4) is 0 Å². The van der Waals surface area contributed by atoms with E-state index in [-0.39, 0.29) is 17.8 Å². The molecule has 0 bridgehead atoms. The maximum absolute atomic E-state index is 12.9. The largest absolute Gasteiger partial charge is 0.382 e. The fourth-order valence-corrected chi connectivity index (χ4v) is 2.09. The van der Waals surface area contributed by atoms with Gasteiger partial charge in [-0.1, -0.05) is 0 Å². The third-order valence-corrected chi connectivity index (χ3v) is 3.24. The quantitative estimate of drug-likeness (QED) is 0.781. The van der Waals surface area contributed by atoms with Crippen LogP contribution in [0.4, 0.5) is 4.39 Å². The second-order valence-corrected chi connectivity index (χ2v) is 4.81. The number of benzene rings is 1. The van der Waals surface area contributed by atoms with E-state index >= 15 is 0 Å². The molecule has 0 aliphatic rings. The molecular formula is C12H15FINO3. The highest BCUT2D eigenvalue weighted by atomic mass is 127. The number of methoxy groups -OCH3 is 2. The van der Waals surface area contributed by atoms with E-state index in [0.717, 1.165) is 0 Å². The minimum absolute atomic E-state index is 0.197. The first-order valence-electron chi connectivity index (χ1n) is 5.33. The molecule has 1 N–H and O–H groups in total. The van der Waals surface area contributed by atoms with Crippen LogP contribution in [0.15, 0.2) is 18.2 Å². The van der Waals surface area contributed by atoms with Gasteiger partial charge in [-0.15, -0.1) is 0 Å². The number of amides is 1. The summed E-state index contributed by atoms with van der Waals surface area (Å²) in [6.45, 7) is 0.744. The zero-order chi connectivity index (χ0) is 13.5. The van der Waals surface area contributed by atoms with E-state index in [2.05, 4.69) is 5.32 Å².